The number of allylic oxidation sites excluding steroid dienone is 8. The molecule has 0 saturated heterocycles. The van der Waals surface area contributed by atoms with Gasteiger partial charge in [0, 0.05) is 6.42 Å². The molecule has 22 heavy (non-hydrogen) atoms. The highest BCUT2D eigenvalue weighted by Gasteiger charge is 2.00. The van der Waals surface area contributed by atoms with Crippen LogP contribution >= 0.6 is 0 Å². The normalized spacial score (nSPS) is 12.3. The third kappa shape index (κ3) is 16.5. The van der Waals surface area contributed by atoms with E-state index in [9.17, 15) is 4.79 Å². The molecule has 0 heterocycles. The zero-order valence-electron chi connectivity index (χ0n) is 14.3. The molecule has 2 heteroatoms. The van der Waals surface area contributed by atoms with E-state index in [1.165, 1.54) is 19.3 Å². The molecule has 0 aromatic carbocycles. The Bertz CT molecular complexity index is 362. The standard InChI is InChI=1S/C20H32O2/c1-3-5-6-7-8-9-10-11-12-13-14-15-16-17-18-19-20(21)22-4-2/h5-12H,3-4,13-19H2,1-2H3/b6-5+,8-7+,10-9+,12-11+. The summed E-state index contributed by atoms with van der Waals surface area (Å²) in [6.45, 7) is 4.47. The van der Waals surface area contributed by atoms with E-state index in [1.807, 2.05) is 25.2 Å². The van der Waals surface area contributed by atoms with Crippen LogP contribution in [-0.4, -0.2) is 12.6 Å². The van der Waals surface area contributed by atoms with E-state index in [0.29, 0.717) is 13.0 Å². The molecule has 0 amide bonds. The highest BCUT2D eigenvalue weighted by Crippen LogP contribution is 2.08. The van der Waals surface area contributed by atoms with Crippen LogP contribution in [0.1, 0.15) is 65.2 Å². The van der Waals surface area contributed by atoms with Gasteiger partial charge in [0.05, 0.1) is 6.61 Å². The van der Waals surface area contributed by atoms with Crippen LogP contribution in [0.2, 0.25) is 0 Å². The molecule has 0 aromatic heterocycles. The van der Waals surface area contributed by atoms with E-state index in [1.54, 1.807) is 0 Å². The van der Waals surface area contributed by atoms with Gasteiger partial charge < -0.3 is 4.74 Å². The van der Waals surface area contributed by atoms with Crippen LogP contribution in [0.15, 0.2) is 48.6 Å². The fraction of sp³-hybridized carbons (Fsp3) is 0.550. The summed E-state index contributed by atoms with van der Waals surface area (Å²) in [7, 11) is 0. The van der Waals surface area contributed by atoms with E-state index in [2.05, 4.69) is 37.3 Å². The van der Waals surface area contributed by atoms with Gasteiger partial charge in [0.15, 0.2) is 0 Å². The van der Waals surface area contributed by atoms with Crippen molar-refractivity contribution in [3.63, 3.8) is 0 Å². The monoisotopic (exact) mass is 304 g/mol. The molecule has 0 aliphatic rings. The first-order valence-electron chi connectivity index (χ1n) is 8.61. The van der Waals surface area contributed by atoms with Crippen molar-refractivity contribution in [3.05, 3.63) is 48.6 Å². The predicted octanol–water partition coefficient (Wildman–Crippen LogP) is 5.92. The van der Waals surface area contributed by atoms with E-state index in [0.717, 1.165) is 25.7 Å². The Morgan fingerprint density at radius 2 is 1.36 bits per heavy atom. The number of rotatable bonds is 13. The lowest BCUT2D eigenvalue weighted by Crippen LogP contribution is -2.03. The lowest BCUT2D eigenvalue weighted by Gasteiger charge is -2.01. The molecule has 2 nitrogen and oxygen atoms in total. The van der Waals surface area contributed by atoms with E-state index >= 15 is 0 Å². The average Bonchev–Trinajstić information content (AvgIpc) is 2.51. The van der Waals surface area contributed by atoms with Crippen molar-refractivity contribution in [1.29, 1.82) is 0 Å². The molecule has 0 aromatic rings. The summed E-state index contributed by atoms with van der Waals surface area (Å²) in [5, 5.41) is 0. The lowest BCUT2D eigenvalue weighted by atomic mass is 10.1. The molecule has 124 valence electrons. The summed E-state index contributed by atoms with van der Waals surface area (Å²) in [5.74, 6) is -0.0588. The molecule has 0 saturated carbocycles. The second kappa shape index (κ2) is 17.5. The molecule has 0 atom stereocenters. The molecule has 0 aliphatic heterocycles. The van der Waals surface area contributed by atoms with Crippen LogP contribution in [0, 0.1) is 0 Å². The van der Waals surface area contributed by atoms with Gasteiger partial charge in [0.25, 0.3) is 0 Å². The van der Waals surface area contributed by atoms with Gasteiger partial charge in [-0.1, -0.05) is 74.8 Å². The van der Waals surface area contributed by atoms with Gasteiger partial charge in [-0.15, -0.1) is 0 Å². The van der Waals surface area contributed by atoms with E-state index < -0.39 is 0 Å². The van der Waals surface area contributed by atoms with Gasteiger partial charge in [-0.2, -0.15) is 0 Å². The minimum absolute atomic E-state index is 0.0588. The lowest BCUT2D eigenvalue weighted by molar-refractivity contribution is -0.143. The topological polar surface area (TPSA) is 26.3 Å². The third-order valence-electron chi connectivity index (χ3n) is 3.12. The summed E-state index contributed by atoms with van der Waals surface area (Å²) >= 11 is 0. The number of carbonyl (C=O) groups is 1. The van der Waals surface area contributed by atoms with Gasteiger partial charge in [-0.25, -0.2) is 0 Å². The zero-order chi connectivity index (χ0) is 16.3. The number of carbonyl (C=O) groups excluding carboxylic acids is 1. The fourth-order valence-electron chi connectivity index (χ4n) is 1.94. The maximum atomic E-state index is 11.1. The Balaban J connectivity index is 3.37. The molecule has 0 spiro atoms. The Labute approximate surface area is 136 Å². The maximum Gasteiger partial charge on any atom is 0.305 e. The quantitative estimate of drug-likeness (QED) is 0.240. The summed E-state index contributed by atoms with van der Waals surface area (Å²) in [6.07, 6.45) is 25.2. The van der Waals surface area contributed by atoms with Gasteiger partial charge in [0.1, 0.15) is 0 Å². The van der Waals surface area contributed by atoms with Gasteiger partial charge in [-0.05, 0) is 32.6 Å². The summed E-state index contributed by atoms with van der Waals surface area (Å²) in [6, 6.07) is 0. The molecule has 0 unspecified atom stereocenters. The number of ether oxygens (including phenoxy) is 1. The smallest absolute Gasteiger partial charge is 0.305 e. The highest BCUT2D eigenvalue weighted by atomic mass is 16.5. The van der Waals surface area contributed by atoms with Crippen LogP contribution in [0.25, 0.3) is 0 Å². The molecular weight excluding hydrogens is 272 g/mol. The SMILES string of the molecule is CC/C=C/C=C/C=C/C=C/CCCCCCCC(=O)OCC. The van der Waals surface area contributed by atoms with Gasteiger partial charge >= 0.3 is 5.97 Å². The van der Waals surface area contributed by atoms with E-state index in [-0.39, 0.29) is 5.97 Å². The molecule has 0 aliphatic carbocycles. The number of hydrogen-bond acceptors (Lipinski definition) is 2. The largest absolute Gasteiger partial charge is 0.466 e. The Morgan fingerprint density at radius 1 is 0.773 bits per heavy atom. The van der Waals surface area contributed by atoms with Crippen molar-refractivity contribution in [2.45, 2.75) is 65.2 Å². The van der Waals surface area contributed by atoms with Crippen molar-refractivity contribution >= 4 is 5.97 Å². The van der Waals surface area contributed by atoms with Crippen LogP contribution in [-0.2, 0) is 9.53 Å². The van der Waals surface area contributed by atoms with Gasteiger partial charge in [0.2, 0.25) is 0 Å². The van der Waals surface area contributed by atoms with Crippen molar-refractivity contribution in [2.24, 2.45) is 0 Å². The number of hydrogen-bond donors (Lipinski definition) is 0. The Hall–Kier alpha value is -1.57. The van der Waals surface area contributed by atoms with E-state index in [4.69, 9.17) is 4.74 Å². The first-order valence-corrected chi connectivity index (χ1v) is 8.61. The fourth-order valence-corrected chi connectivity index (χ4v) is 1.94. The van der Waals surface area contributed by atoms with Crippen LogP contribution in [0.3, 0.4) is 0 Å². The van der Waals surface area contributed by atoms with Crippen LogP contribution in [0.4, 0.5) is 0 Å². The molecular formula is C20H32O2. The van der Waals surface area contributed by atoms with Crippen molar-refractivity contribution in [2.75, 3.05) is 6.61 Å². The summed E-state index contributed by atoms with van der Waals surface area (Å²) in [4.78, 5) is 11.1. The Kier molecular flexibility index (Phi) is 16.2. The third-order valence-corrected chi connectivity index (χ3v) is 3.12. The molecule has 0 bridgehead atoms. The molecule has 0 radical (unpaired) electrons. The zero-order valence-corrected chi connectivity index (χ0v) is 14.3. The first kappa shape index (κ1) is 20.4. The second-order valence-electron chi connectivity index (χ2n) is 5.15. The highest BCUT2D eigenvalue weighted by molar-refractivity contribution is 5.69. The number of unbranched alkanes of at least 4 members (excludes halogenated alkanes) is 5. The minimum Gasteiger partial charge on any atom is -0.466 e. The number of esters is 1. The molecule has 0 fully saturated rings. The summed E-state index contributed by atoms with van der Waals surface area (Å²) < 4.78 is 4.90. The minimum atomic E-state index is -0.0588. The second-order valence-corrected chi connectivity index (χ2v) is 5.15. The van der Waals surface area contributed by atoms with Crippen LogP contribution < -0.4 is 0 Å². The summed E-state index contributed by atoms with van der Waals surface area (Å²) in [5.41, 5.74) is 0. The maximum absolute atomic E-state index is 11.1. The van der Waals surface area contributed by atoms with Crippen molar-refractivity contribution in [3.8, 4) is 0 Å². The van der Waals surface area contributed by atoms with Gasteiger partial charge in [-0.3, -0.25) is 4.79 Å². The average molecular weight is 304 g/mol. The van der Waals surface area contributed by atoms with Crippen molar-refractivity contribution in [1.82, 2.24) is 0 Å². The predicted molar refractivity (Wildman–Crippen MR) is 95.8 cm³/mol. The van der Waals surface area contributed by atoms with Crippen LogP contribution in [0.5, 0.6) is 0 Å². The first-order chi connectivity index (χ1) is 10.8. The van der Waals surface area contributed by atoms with Crippen molar-refractivity contribution < 1.29 is 9.53 Å². The molecule has 0 N–H and O–H groups in total. The Morgan fingerprint density at radius 3 is 2.05 bits per heavy atom. The molecule has 0 rings (SSSR count).